The number of hydrogen-bond donors (Lipinski definition) is 0. The van der Waals surface area contributed by atoms with E-state index in [9.17, 15) is 13.2 Å². The van der Waals surface area contributed by atoms with Gasteiger partial charge in [0, 0.05) is 6.08 Å². The fourth-order valence-corrected chi connectivity index (χ4v) is 4.23. The van der Waals surface area contributed by atoms with Crippen LogP contribution in [-0.2, 0) is 19.4 Å². The lowest BCUT2D eigenvalue weighted by molar-refractivity contribution is -0.140. The highest BCUT2D eigenvalue weighted by Gasteiger charge is 2.36. The summed E-state index contributed by atoms with van der Waals surface area (Å²) < 4.78 is 31.5. The zero-order valence-corrected chi connectivity index (χ0v) is 13.9. The maximum absolute atomic E-state index is 13.1. The third-order valence-corrected chi connectivity index (χ3v) is 5.62. The van der Waals surface area contributed by atoms with Crippen LogP contribution in [0.4, 0.5) is 0 Å². The van der Waals surface area contributed by atoms with E-state index >= 15 is 0 Å². The normalized spacial score (nSPS) is 13.5. The van der Waals surface area contributed by atoms with Gasteiger partial charge in [0.15, 0.2) is 9.84 Å². The zero-order chi connectivity index (χ0) is 17.6. The van der Waals surface area contributed by atoms with E-state index in [-0.39, 0.29) is 4.90 Å². The molecule has 2 atom stereocenters. The first-order chi connectivity index (χ1) is 11.5. The van der Waals surface area contributed by atoms with Gasteiger partial charge in [-0.1, -0.05) is 61.7 Å². The largest absolute Gasteiger partial charge is 0.453 e. The van der Waals surface area contributed by atoms with E-state index in [1.807, 2.05) is 0 Å². The van der Waals surface area contributed by atoms with E-state index in [4.69, 9.17) is 4.74 Å². The van der Waals surface area contributed by atoms with Gasteiger partial charge in [-0.05, 0) is 23.8 Å². The van der Waals surface area contributed by atoms with Gasteiger partial charge < -0.3 is 4.74 Å². The number of rotatable bonds is 7. The Kier molecular flexibility index (Phi) is 5.71. The van der Waals surface area contributed by atoms with E-state index in [0.29, 0.717) is 5.56 Å². The van der Waals surface area contributed by atoms with E-state index in [0.717, 1.165) is 6.08 Å². The molecule has 0 fully saturated rings. The Morgan fingerprint density at radius 1 is 0.958 bits per heavy atom. The molecule has 24 heavy (non-hydrogen) atoms. The molecule has 0 heterocycles. The molecule has 124 valence electrons. The second-order valence-corrected chi connectivity index (χ2v) is 7.10. The average molecular weight is 342 g/mol. The zero-order valence-electron chi connectivity index (χ0n) is 13.0. The fourth-order valence-electron chi connectivity index (χ4n) is 2.36. The van der Waals surface area contributed by atoms with Crippen LogP contribution in [0, 0.1) is 0 Å². The van der Waals surface area contributed by atoms with Crippen LogP contribution in [0.25, 0.3) is 0 Å². The molecule has 5 heteroatoms. The number of sulfone groups is 1. The van der Waals surface area contributed by atoms with Gasteiger partial charge in [0.25, 0.3) is 0 Å². The minimum absolute atomic E-state index is 0.153. The number of hydrogen-bond acceptors (Lipinski definition) is 4. The van der Waals surface area contributed by atoms with Gasteiger partial charge in [0.2, 0.25) is 0 Å². The molecule has 0 aliphatic carbocycles. The summed E-state index contributed by atoms with van der Waals surface area (Å²) in [7, 11) is -3.80. The van der Waals surface area contributed by atoms with E-state index in [1.54, 1.807) is 48.5 Å². The van der Waals surface area contributed by atoms with Crippen LogP contribution < -0.4 is 0 Å². The van der Waals surface area contributed by atoms with Crippen LogP contribution in [-0.4, -0.2) is 20.5 Å². The Labute approximate surface area is 142 Å². The molecule has 0 bridgehead atoms. The highest BCUT2D eigenvalue weighted by Crippen LogP contribution is 2.33. The first-order valence-electron chi connectivity index (χ1n) is 7.30. The van der Waals surface area contributed by atoms with Crippen LogP contribution in [0.2, 0.25) is 0 Å². The van der Waals surface area contributed by atoms with Crippen molar-refractivity contribution in [1.82, 2.24) is 0 Å². The molecular formula is C19H18O4S. The maximum Gasteiger partial charge on any atom is 0.330 e. The van der Waals surface area contributed by atoms with Crippen molar-refractivity contribution in [3.8, 4) is 0 Å². The smallest absolute Gasteiger partial charge is 0.330 e. The molecule has 0 N–H and O–H groups in total. The Balaban J connectivity index is 2.57. The summed E-state index contributed by atoms with van der Waals surface area (Å²) >= 11 is 0. The molecule has 0 amide bonds. The van der Waals surface area contributed by atoms with Crippen molar-refractivity contribution in [2.24, 2.45) is 0 Å². The lowest BCUT2D eigenvalue weighted by Gasteiger charge is -2.25. The highest BCUT2D eigenvalue weighted by molar-refractivity contribution is 7.91. The van der Waals surface area contributed by atoms with Crippen molar-refractivity contribution in [3.05, 3.63) is 91.5 Å². The molecule has 0 radical (unpaired) electrons. The summed E-state index contributed by atoms with van der Waals surface area (Å²) in [5.41, 5.74) is 0.517. The van der Waals surface area contributed by atoms with Crippen molar-refractivity contribution in [3.63, 3.8) is 0 Å². The first-order valence-corrected chi connectivity index (χ1v) is 8.85. The number of ether oxygens (including phenoxy) is 1. The SMILES string of the molecule is C=CC(=O)OC(C=C)C(c1ccccc1)S(=O)(=O)c1ccccc1. The number of benzene rings is 2. The van der Waals surface area contributed by atoms with Crippen molar-refractivity contribution in [1.29, 1.82) is 0 Å². The van der Waals surface area contributed by atoms with Crippen molar-refractivity contribution in [2.45, 2.75) is 16.2 Å². The van der Waals surface area contributed by atoms with Gasteiger partial charge in [-0.2, -0.15) is 0 Å². The molecule has 2 unspecified atom stereocenters. The van der Waals surface area contributed by atoms with Gasteiger partial charge >= 0.3 is 5.97 Å². The summed E-state index contributed by atoms with van der Waals surface area (Å²) in [5, 5.41) is -1.09. The lowest BCUT2D eigenvalue weighted by atomic mass is 10.1. The number of carbonyl (C=O) groups is 1. The second kappa shape index (κ2) is 7.75. The van der Waals surface area contributed by atoms with Crippen molar-refractivity contribution < 1.29 is 17.9 Å². The third kappa shape index (κ3) is 3.81. The molecule has 0 saturated carbocycles. The molecule has 0 aliphatic heterocycles. The maximum atomic E-state index is 13.1. The monoisotopic (exact) mass is 342 g/mol. The van der Waals surface area contributed by atoms with Gasteiger partial charge in [-0.25, -0.2) is 13.2 Å². The molecule has 0 spiro atoms. The Hall–Kier alpha value is -2.66. The lowest BCUT2D eigenvalue weighted by Crippen LogP contribution is -2.29. The topological polar surface area (TPSA) is 60.4 Å². The van der Waals surface area contributed by atoms with E-state index < -0.39 is 27.2 Å². The summed E-state index contributed by atoms with van der Waals surface area (Å²) in [6.07, 6.45) is 1.27. The molecule has 2 aromatic carbocycles. The van der Waals surface area contributed by atoms with Gasteiger partial charge in [0.05, 0.1) is 4.90 Å². The number of esters is 1. The van der Waals surface area contributed by atoms with Crippen LogP contribution in [0.1, 0.15) is 10.8 Å². The van der Waals surface area contributed by atoms with Gasteiger partial charge in [-0.3, -0.25) is 0 Å². The molecule has 2 rings (SSSR count). The quantitative estimate of drug-likeness (QED) is 0.439. The van der Waals surface area contributed by atoms with E-state index in [2.05, 4.69) is 13.2 Å². The summed E-state index contributed by atoms with van der Waals surface area (Å²) in [6, 6.07) is 16.7. The molecule has 0 aliphatic rings. The molecule has 2 aromatic rings. The summed E-state index contributed by atoms with van der Waals surface area (Å²) in [4.78, 5) is 11.8. The van der Waals surface area contributed by atoms with Crippen LogP contribution in [0.5, 0.6) is 0 Å². The van der Waals surface area contributed by atoms with Gasteiger partial charge in [0.1, 0.15) is 11.4 Å². The third-order valence-electron chi connectivity index (χ3n) is 3.48. The predicted molar refractivity (Wildman–Crippen MR) is 93.1 cm³/mol. The Bertz CT molecular complexity index is 811. The first kappa shape index (κ1) is 17.7. The molecule has 4 nitrogen and oxygen atoms in total. The fraction of sp³-hybridized carbons (Fsp3) is 0.105. The predicted octanol–water partition coefficient (Wildman–Crippen LogP) is 3.49. The standard InChI is InChI=1S/C19H18O4S/c1-3-17(23-18(20)4-2)19(15-11-7-5-8-12-15)24(21,22)16-13-9-6-10-14-16/h3-14,17,19H,1-2H2. The van der Waals surface area contributed by atoms with Crippen LogP contribution >= 0.6 is 0 Å². The minimum Gasteiger partial charge on any atom is -0.453 e. The van der Waals surface area contributed by atoms with Crippen molar-refractivity contribution >= 4 is 15.8 Å². The Morgan fingerprint density at radius 3 is 2.00 bits per heavy atom. The molecule has 0 saturated heterocycles. The highest BCUT2D eigenvalue weighted by atomic mass is 32.2. The van der Waals surface area contributed by atoms with Crippen LogP contribution in [0.15, 0.2) is 90.9 Å². The molecule has 0 aromatic heterocycles. The number of carbonyl (C=O) groups excluding carboxylic acids is 1. The Morgan fingerprint density at radius 2 is 1.50 bits per heavy atom. The van der Waals surface area contributed by atoms with Gasteiger partial charge in [-0.15, -0.1) is 0 Å². The summed E-state index contributed by atoms with van der Waals surface area (Å²) in [6.45, 7) is 6.97. The average Bonchev–Trinajstić information content (AvgIpc) is 2.62. The van der Waals surface area contributed by atoms with Crippen LogP contribution in [0.3, 0.4) is 0 Å². The summed E-state index contributed by atoms with van der Waals surface area (Å²) in [5.74, 6) is -0.705. The van der Waals surface area contributed by atoms with E-state index in [1.165, 1.54) is 18.2 Å². The second-order valence-electron chi connectivity index (χ2n) is 5.03. The van der Waals surface area contributed by atoms with Crippen molar-refractivity contribution in [2.75, 3.05) is 0 Å². The minimum atomic E-state index is -3.80. The molecular weight excluding hydrogens is 324 g/mol.